The molecule has 32 heavy (non-hydrogen) atoms. The third-order valence-corrected chi connectivity index (χ3v) is 7.11. The molecule has 11 heteroatoms. The van der Waals surface area contributed by atoms with Crippen LogP contribution >= 0.6 is 11.6 Å². The summed E-state index contributed by atoms with van der Waals surface area (Å²) in [7, 11) is -2.57. The molecule has 0 radical (unpaired) electrons. The van der Waals surface area contributed by atoms with Crippen LogP contribution in [0, 0.1) is 11.6 Å². The zero-order valence-electron chi connectivity index (χ0n) is 17.8. The maximum absolute atomic E-state index is 14.2. The molecule has 1 amide bonds. The van der Waals surface area contributed by atoms with Crippen LogP contribution in [0.15, 0.2) is 41.3 Å². The highest BCUT2D eigenvalue weighted by Gasteiger charge is 2.25. The third-order valence-electron chi connectivity index (χ3n) is 4.71. The van der Waals surface area contributed by atoms with Gasteiger partial charge in [0.15, 0.2) is 6.61 Å². The maximum Gasteiger partial charge on any atom is 0.341 e. The number of halogens is 3. The van der Waals surface area contributed by atoms with Crippen molar-refractivity contribution in [1.29, 1.82) is 0 Å². The van der Waals surface area contributed by atoms with Gasteiger partial charge in [-0.25, -0.2) is 22.0 Å². The molecule has 0 aromatic heterocycles. The summed E-state index contributed by atoms with van der Waals surface area (Å²) in [6, 6.07) is 6.87. The van der Waals surface area contributed by atoms with Gasteiger partial charge in [-0.3, -0.25) is 4.79 Å². The van der Waals surface area contributed by atoms with Crippen LogP contribution in [0.4, 0.5) is 8.78 Å². The number of amides is 1. The van der Waals surface area contributed by atoms with Crippen LogP contribution < -0.4 is 0 Å². The van der Waals surface area contributed by atoms with Gasteiger partial charge in [0.05, 0.1) is 10.5 Å². The number of benzene rings is 2. The molecule has 0 spiro atoms. The molecule has 2 aromatic carbocycles. The largest absolute Gasteiger partial charge is 0.452 e. The molecule has 0 N–H and O–H groups in total. The molecule has 7 nitrogen and oxygen atoms in total. The normalized spacial score (nSPS) is 11.5. The summed E-state index contributed by atoms with van der Waals surface area (Å²) in [5.74, 6) is -3.48. The van der Waals surface area contributed by atoms with Crippen molar-refractivity contribution >= 4 is 33.5 Å². The summed E-state index contributed by atoms with van der Waals surface area (Å²) >= 11 is 5.94. The first kappa shape index (κ1) is 25.7. The van der Waals surface area contributed by atoms with E-state index in [9.17, 15) is 26.8 Å². The second-order valence-corrected chi connectivity index (χ2v) is 9.10. The number of likely N-dealkylation sites (N-methyl/N-ethyl adjacent to an activating group) is 1. The fraction of sp³-hybridized carbons (Fsp3) is 0.333. The second-order valence-electron chi connectivity index (χ2n) is 6.76. The fourth-order valence-corrected chi connectivity index (χ4v) is 4.57. The highest BCUT2D eigenvalue weighted by Crippen LogP contribution is 2.21. The van der Waals surface area contributed by atoms with E-state index in [-0.39, 0.29) is 35.1 Å². The van der Waals surface area contributed by atoms with Gasteiger partial charge in [0.2, 0.25) is 10.0 Å². The predicted molar refractivity (Wildman–Crippen MR) is 115 cm³/mol. The Morgan fingerprint density at radius 2 is 1.72 bits per heavy atom. The molecule has 0 saturated carbocycles. The predicted octanol–water partition coefficient (Wildman–Crippen LogP) is 3.46. The number of hydrogen-bond acceptors (Lipinski definition) is 5. The molecule has 2 rings (SSSR count). The Morgan fingerprint density at radius 3 is 2.31 bits per heavy atom. The molecular formula is C21H23ClF2N2O5S. The van der Waals surface area contributed by atoms with Crippen LogP contribution in [0.1, 0.15) is 29.8 Å². The second kappa shape index (κ2) is 10.8. The SMILES string of the molecule is CCN(CC)S(=O)(=O)c1ccc(F)c(C(=O)OCC(=O)N(C)Cc2c(F)cccc2Cl)c1. The highest BCUT2D eigenvalue weighted by molar-refractivity contribution is 7.89. The van der Waals surface area contributed by atoms with Gasteiger partial charge in [-0.05, 0) is 30.3 Å². The number of carbonyl (C=O) groups excluding carboxylic acids is 2. The minimum absolute atomic E-state index is 0.0942. The number of rotatable bonds is 9. The van der Waals surface area contributed by atoms with E-state index < -0.39 is 45.7 Å². The summed E-state index contributed by atoms with van der Waals surface area (Å²) < 4.78 is 59.3. The Bertz CT molecular complexity index is 1090. The lowest BCUT2D eigenvalue weighted by molar-refractivity contribution is -0.133. The Labute approximate surface area is 190 Å². The number of ether oxygens (including phenoxy) is 1. The van der Waals surface area contributed by atoms with Crippen LogP contribution in [0.5, 0.6) is 0 Å². The molecule has 0 aliphatic carbocycles. The van der Waals surface area contributed by atoms with Crippen molar-refractivity contribution in [3.05, 3.63) is 64.2 Å². The first-order valence-corrected chi connectivity index (χ1v) is 11.5. The molecular weight excluding hydrogens is 466 g/mol. The minimum Gasteiger partial charge on any atom is -0.452 e. The molecule has 174 valence electrons. The lowest BCUT2D eigenvalue weighted by Crippen LogP contribution is -2.32. The van der Waals surface area contributed by atoms with E-state index in [4.69, 9.17) is 16.3 Å². The number of nitrogens with zero attached hydrogens (tertiary/aromatic N) is 2. The van der Waals surface area contributed by atoms with Gasteiger partial charge in [-0.15, -0.1) is 0 Å². The highest BCUT2D eigenvalue weighted by atomic mass is 35.5. The van der Waals surface area contributed by atoms with Crippen LogP contribution in [0.2, 0.25) is 5.02 Å². The molecule has 0 heterocycles. The number of sulfonamides is 1. The lowest BCUT2D eigenvalue weighted by Gasteiger charge is -2.19. The van der Waals surface area contributed by atoms with Gasteiger partial charge >= 0.3 is 5.97 Å². The van der Waals surface area contributed by atoms with E-state index in [1.54, 1.807) is 13.8 Å². The summed E-state index contributed by atoms with van der Waals surface area (Å²) in [6.07, 6.45) is 0. The van der Waals surface area contributed by atoms with Crippen molar-refractivity contribution in [2.45, 2.75) is 25.3 Å². The van der Waals surface area contributed by atoms with E-state index in [0.717, 1.165) is 27.4 Å². The van der Waals surface area contributed by atoms with E-state index in [1.807, 2.05) is 0 Å². The smallest absolute Gasteiger partial charge is 0.341 e. The summed E-state index contributed by atoms with van der Waals surface area (Å²) in [4.78, 5) is 25.4. The average molecular weight is 489 g/mol. The van der Waals surface area contributed by atoms with Crippen molar-refractivity contribution in [2.75, 3.05) is 26.7 Å². The van der Waals surface area contributed by atoms with Crippen molar-refractivity contribution in [3.8, 4) is 0 Å². The standard InChI is InChI=1S/C21H23ClF2N2O5S/c1-4-26(5-2)32(29,30)14-9-10-19(24)15(11-14)21(28)31-13-20(27)25(3)12-16-17(22)7-6-8-18(16)23/h6-11H,4-5,12-13H2,1-3H3. The number of hydrogen-bond donors (Lipinski definition) is 0. The molecule has 0 atom stereocenters. The fourth-order valence-electron chi connectivity index (χ4n) is 2.86. The van der Waals surface area contributed by atoms with Gasteiger partial charge in [0, 0.05) is 37.3 Å². The Kier molecular flexibility index (Phi) is 8.71. The Balaban J connectivity index is 2.11. The molecule has 0 aliphatic heterocycles. The molecule has 2 aromatic rings. The van der Waals surface area contributed by atoms with Gasteiger partial charge < -0.3 is 9.64 Å². The Hall–Kier alpha value is -2.56. The van der Waals surface area contributed by atoms with Crippen molar-refractivity contribution in [2.24, 2.45) is 0 Å². The summed E-state index contributed by atoms with van der Waals surface area (Å²) in [5.41, 5.74) is -0.525. The molecule has 0 unspecified atom stereocenters. The third kappa shape index (κ3) is 5.81. The van der Waals surface area contributed by atoms with Gasteiger partial charge in [-0.2, -0.15) is 4.31 Å². The topological polar surface area (TPSA) is 84.0 Å². The molecule has 0 aliphatic rings. The Morgan fingerprint density at radius 1 is 1.06 bits per heavy atom. The zero-order valence-corrected chi connectivity index (χ0v) is 19.3. The van der Waals surface area contributed by atoms with Crippen LogP contribution in [-0.4, -0.2) is 56.2 Å². The van der Waals surface area contributed by atoms with Gasteiger partial charge in [-0.1, -0.05) is 31.5 Å². The maximum atomic E-state index is 14.2. The van der Waals surface area contributed by atoms with Crippen LogP contribution in [0.25, 0.3) is 0 Å². The zero-order chi connectivity index (χ0) is 24.1. The van der Waals surface area contributed by atoms with Crippen LogP contribution in [-0.2, 0) is 26.1 Å². The molecule has 0 bridgehead atoms. The van der Waals surface area contributed by atoms with E-state index in [1.165, 1.54) is 25.2 Å². The minimum atomic E-state index is -3.93. The number of esters is 1. The van der Waals surface area contributed by atoms with Crippen molar-refractivity contribution in [1.82, 2.24) is 9.21 Å². The van der Waals surface area contributed by atoms with Gasteiger partial charge in [0.25, 0.3) is 5.91 Å². The molecule has 0 saturated heterocycles. The average Bonchev–Trinajstić information content (AvgIpc) is 2.75. The van der Waals surface area contributed by atoms with E-state index in [2.05, 4.69) is 0 Å². The first-order valence-electron chi connectivity index (χ1n) is 9.66. The quantitative estimate of drug-likeness (QED) is 0.505. The number of carbonyl (C=O) groups is 2. The lowest BCUT2D eigenvalue weighted by atomic mass is 10.2. The molecule has 0 fully saturated rings. The van der Waals surface area contributed by atoms with Gasteiger partial charge in [0.1, 0.15) is 11.6 Å². The van der Waals surface area contributed by atoms with E-state index >= 15 is 0 Å². The summed E-state index contributed by atoms with van der Waals surface area (Å²) in [6.45, 7) is 2.76. The van der Waals surface area contributed by atoms with Crippen LogP contribution in [0.3, 0.4) is 0 Å². The monoisotopic (exact) mass is 488 g/mol. The van der Waals surface area contributed by atoms with Crippen molar-refractivity contribution < 1.29 is 31.5 Å². The van der Waals surface area contributed by atoms with E-state index in [0.29, 0.717) is 0 Å². The van der Waals surface area contributed by atoms with Crippen molar-refractivity contribution in [3.63, 3.8) is 0 Å². The summed E-state index contributed by atoms with van der Waals surface area (Å²) in [5, 5.41) is 0.134. The first-order chi connectivity index (χ1) is 15.0.